The van der Waals surface area contributed by atoms with E-state index in [9.17, 15) is 0 Å². The molecule has 4 bridgehead atoms. The molecule has 0 aromatic rings. The Balaban J connectivity index is 1.81. The number of rotatable bonds is 3. The number of hydrogen-bond donors (Lipinski definition) is 0. The second-order valence-electron chi connectivity index (χ2n) is 6.09. The molecule has 0 unspecified atom stereocenters. The zero-order valence-corrected chi connectivity index (χ0v) is 9.74. The van der Waals surface area contributed by atoms with Crippen molar-refractivity contribution in [3.63, 3.8) is 0 Å². The Morgan fingerprint density at radius 3 is 2.13 bits per heavy atom. The fraction of sp³-hybridized carbons (Fsp3) is 0.857. The second kappa shape index (κ2) is 3.35. The van der Waals surface area contributed by atoms with Gasteiger partial charge in [-0.25, -0.2) is 0 Å². The summed E-state index contributed by atoms with van der Waals surface area (Å²) >= 11 is 0. The van der Waals surface area contributed by atoms with Crippen LogP contribution in [-0.4, -0.2) is 12.2 Å². The van der Waals surface area contributed by atoms with E-state index in [-0.39, 0.29) is 5.60 Å². The maximum absolute atomic E-state index is 6.14. The van der Waals surface area contributed by atoms with Crippen LogP contribution in [0.1, 0.15) is 39.0 Å². The van der Waals surface area contributed by atoms with Gasteiger partial charge in [0.15, 0.2) is 0 Å². The molecule has 4 rings (SSSR count). The molecule has 1 heteroatoms. The van der Waals surface area contributed by atoms with Crippen LogP contribution in [0, 0.1) is 23.7 Å². The molecular formula is C14H22O. The van der Waals surface area contributed by atoms with Gasteiger partial charge in [0, 0.05) is 0 Å². The van der Waals surface area contributed by atoms with Gasteiger partial charge in [-0.1, -0.05) is 6.08 Å². The summed E-state index contributed by atoms with van der Waals surface area (Å²) in [5, 5.41) is 0. The van der Waals surface area contributed by atoms with Gasteiger partial charge in [-0.05, 0) is 62.7 Å². The Morgan fingerprint density at radius 2 is 1.67 bits per heavy atom. The molecule has 0 atom stereocenters. The standard InChI is InChI=1S/C14H22O/c1-3-4-15-14(2)12-6-10-5-11(8-12)9-13(14)7-10/h3,10-13H,1,4-9H2,2H3. The van der Waals surface area contributed by atoms with Crippen molar-refractivity contribution in [3.05, 3.63) is 12.7 Å². The Labute approximate surface area is 92.9 Å². The van der Waals surface area contributed by atoms with Crippen molar-refractivity contribution in [2.24, 2.45) is 23.7 Å². The fourth-order valence-electron chi connectivity index (χ4n) is 4.59. The SMILES string of the molecule is C=CCOC1(C)C2CC3CC(C2)CC1C3. The fourth-order valence-corrected chi connectivity index (χ4v) is 4.59. The highest BCUT2D eigenvalue weighted by molar-refractivity contribution is 5.06. The van der Waals surface area contributed by atoms with Crippen LogP contribution < -0.4 is 0 Å². The van der Waals surface area contributed by atoms with Gasteiger partial charge in [0.2, 0.25) is 0 Å². The lowest BCUT2D eigenvalue weighted by Crippen LogP contribution is -2.57. The van der Waals surface area contributed by atoms with E-state index >= 15 is 0 Å². The van der Waals surface area contributed by atoms with Gasteiger partial charge in [0.05, 0.1) is 12.2 Å². The molecule has 4 fully saturated rings. The van der Waals surface area contributed by atoms with Crippen LogP contribution in [0.4, 0.5) is 0 Å². The number of ether oxygens (including phenoxy) is 1. The quantitative estimate of drug-likeness (QED) is 0.643. The minimum absolute atomic E-state index is 0.182. The number of hydrogen-bond acceptors (Lipinski definition) is 1. The predicted molar refractivity (Wildman–Crippen MR) is 61.6 cm³/mol. The van der Waals surface area contributed by atoms with Gasteiger partial charge >= 0.3 is 0 Å². The first-order chi connectivity index (χ1) is 7.22. The summed E-state index contributed by atoms with van der Waals surface area (Å²) in [5.74, 6) is 3.75. The highest BCUT2D eigenvalue weighted by Gasteiger charge is 2.55. The third-order valence-electron chi connectivity index (χ3n) is 5.27. The van der Waals surface area contributed by atoms with Gasteiger partial charge in [0.25, 0.3) is 0 Å². The maximum Gasteiger partial charge on any atom is 0.0715 e. The van der Waals surface area contributed by atoms with Crippen molar-refractivity contribution in [1.82, 2.24) is 0 Å². The Hall–Kier alpha value is -0.300. The molecule has 0 radical (unpaired) electrons. The minimum Gasteiger partial charge on any atom is -0.371 e. The summed E-state index contributed by atoms with van der Waals surface area (Å²) in [4.78, 5) is 0. The van der Waals surface area contributed by atoms with Crippen molar-refractivity contribution in [2.75, 3.05) is 6.61 Å². The summed E-state index contributed by atoms with van der Waals surface area (Å²) < 4.78 is 6.14. The molecule has 0 aromatic heterocycles. The molecule has 0 spiro atoms. The predicted octanol–water partition coefficient (Wildman–Crippen LogP) is 3.40. The van der Waals surface area contributed by atoms with Crippen molar-refractivity contribution < 1.29 is 4.74 Å². The molecule has 84 valence electrons. The van der Waals surface area contributed by atoms with Crippen LogP contribution >= 0.6 is 0 Å². The average molecular weight is 206 g/mol. The smallest absolute Gasteiger partial charge is 0.0715 e. The van der Waals surface area contributed by atoms with Crippen LogP contribution in [0.2, 0.25) is 0 Å². The van der Waals surface area contributed by atoms with E-state index < -0.39 is 0 Å². The molecule has 4 saturated carbocycles. The van der Waals surface area contributed by atoms with Gasteiger partial charge in [-0.15, -0.1) is 6.58 Å². The topological polar surface area (TPSA) is 9.23 Å². The molecule has 0 saturated heterocycles. The Bertz CT molecular complexity index is 241. The molecule has 0 heterocycles. The summed E-state index contributed by atoms with van der Waals surface area (Å²) in [6.07, 6.45) is 9.14. The average Bonchev–Trinajstić information content (AvgIpc) is 2.22. The first kappa shape index (κ1) is 9.89. The first-order valence-corrected chi connectivity index (χ1v) is 6.47. The summed E-state index contributed by atoms with van der Waals surface area (Å²) in [5.41, 5.74) is 0.182. The maximum atomic E-state index is 6.14. The van der Waals surface area contributed by atoms with E-state index in [1.165, 1.54) is 32.1 Å². The van der Waals surface area contributed by atoms with E-state index in [4.69, 9.17) is 4.74 Å². The summed E-state index contributed by atoms with van der Waals surface area (Å²) in [7, 11) is 0. The Kier molecular flexibility index (Phi) is 2.21. The molecule has 0 amide bonds. The van der Waals surface area contributed by atoms with E-state index in [0.717, 1.165) is 30.3 Å². The highest BCUT2D eigenvalue weighted by Crippen LogP contribution is 2.59. The van der Waals surface area contributed by atoms with Crippen molar-refractivity contribution in [1.29, 1.82) is 0 Å². The first-order valence-electron chi connectivity index (χ1n) is 6.47. The molecule has 4 aliphatic rings. The molecule has 0 aromatic carbocycles. The molecule has 4 aliphatic carbocycles. The van der Waals surface area contributed by atoms with Crippen LogP contribution in [0.25, 0.3) is 0 Å². The monoisotopic (exact) mass is 206 g/mol. The van der Waals surface area contributed by atoms with Gasteiger partial charge in [-0.3, -0.25) is 0 Å². The largest absolute Gasteiger partial charge is 0.371 e. The lowest BCUT2D eigenvalue weighted by molar-refractivity contribution is -0.188. The lowest BCUT2D eigenvalue weighted by atomic mass is 9.50. The zero-order valence-electron chi connectivity index (χ0n) is 9.74. The second-order valence-corrected chi connectivity index (χ2v) is 6.09. The molecule has 1 nitrogen and oxygen atoms in total. The van der Waals surface area contributed by atoms with Crippen molar-refractivity contribution in [2.45, 2.75) is 44.6 Å². The third kappa shape index (κ3) is 1.39. The zero-order chi connectivity index (χ0) is 10.5. The van der Waals surface area contributed by atoms with Crippen LogP contribution in [-0.2, 0) is 4.74 Å². The molecule has 0 aliphatic heterocycles. The van der Waals surface area contributed by atoms with Crippen LogP contribution in [0.3, 0.4) is 0 Å². The normalized spacial score (nSPS) is 52.1. The molecular weight excluding hydrogens is 184 g/mol. The van der Waals surface area contributed by atoms with Gasteiger partial charge in [0.1, 0.15) is 0 Å². The van der Waals surface area contributed by atoms with E-state index in [2.05, 4.69) is 13.5 Å². The van der Waals surface area contributed by atoms with Crippen LogP contribution in [0.15, 0.2) is 12.7 Å². The summed E-state index contributed by atoms with van der Waals surface area (Å²) in [6.45, 7) is 6.87. The van der Waals surface area contributed by atoms with Gasteiger partial charge < -0.3 is 4.74 Å². The van der Waals surface area contributed by atoms with E-state index in [0.29, 0.717) is 0 Å². The summed E-state index contributed by atoms with van der Waals surface area (Å²) in [6, 6.07) is 0. The molecule has 0 N–H and O–H groups in total. The molecule has 15 heavy (non-hydrogen) atoms. The third-order valence-corrected chi connectivity index (χ3v) is 5.27. The van der Waals surface area contributed by atoms with Gasteiger partial charge in [-0.2, -0.15) is 0 Å². The Morgan fingerprint density at radius 1 is 1.13 bits per heavy atom. The highest BCUT2D eigenvalue weighted by atomic mass is 16.5. The van der Waals surface area contributed by atoms with Crippen molar-refractivity contribution in [3.8, 4) is 0 Å². The van der Waals surface area contributed by atoms with E-state index in [1.54, 1.807) is 0 Å². The van der Waals surface area contributed by atoms with Crippen LogP contribution in [0.5, 0.6) is 0 Å². The lowest BCUT2D eigenvalue weighted by Gasteiger charge is -2.59. The minimum atomic E-state index is 0.182. The van der Waals surface area contributed by atoms with E-state index in [1.807, 2.05) is 6.08 Å². The van der Waals surface area contributed by atoms with Crippen molar-refractivity contribution >= 4 is 0 Å².